The third-order valence-corrected chi connectivity index (χ3v) is 7.05. The molecule has 2 heterocycles. The van der Waals surface area contributed by atoms with Crippen molar-refractivity contribution < 1.29 is 18.9 Å². The number of carboxylic acid groups (broad SMARTS) is 1. The van der Waals surface area contributed by atoms with Gasteiger partial charge >= 0.3 is 0 Å². The fourth-order valence-corrected chi connectivity index (χ4v) is 5.74. The molecular formula is C21H41N2O2+. The van der Waals surface area contributed by atoms with Gasteiger partial charge in [0, 0.05) is 29.6 Å². The molecule has 0 saturated carbocycles. The molecule has 0 aromatic carbocycles. The highest BCUT2D eigenvalue weighted by atomic mass is 16.4. The van der Waals surface area contributed by atoms with Gasteiger partial charge in [-0.15, -0.1) is 0 Å². The molecule has 0 aromatic heterocycles. The van der Waals surface area contributed by atoms with Crippen molar-refractivity contribution in [1.29, 1.82) is 0 Å². The van der Waals surface area contributed by atoms with E-state index in [1.54, 1.807) is 6.92 Å². The Labute approximate surface area is 155 Å². The topological polar surface area (TPSA) is 40.1 Å². The number of nitrogens with zero attached hydrogens (tertiary/aromatic N) is 2. The van der Waals surface area contributed by atoms with Gasteiger partial charge in [0.25, 0.3) is 0 Å². The van der Waals surface area contributed by atoms with Crippen LogP contribution in [-0.2, 0) is 4.79 Å². The zero-order valence-electron chi connectivity index (χ0n) is 17.5. The maximum Gasteiger partial charge on any atom is 0.0816 e. The van der Waals surface area contributed by atoms with Crippen molar-refractivity contribution in [3.63, 3.8) is 0 Å². The van der Waals surface area contributed by atoms with Gasteiger partial charge in [-0.3, -0.25) is 0 Å². The minimum Gasteiger partial charge on any atom is -0.550 e. The van der Waals surface area contributed by atoms with E-state index >= 15 is 0 Å². The molecule has 0 aliphatic carbocycles. The van der Waals surface area contributed by atoms with E-state index in [4.69, 9.17) is 0 Å². The van der Waals surface area contributed by atoms with Gasteiger partial charge in [-0.25, -0.2) is 0 Å². The highest BCUT2D eigenvalue weighted by Crippen LogP contribution is 2.38. The van der Waals surface area contributed by atoms with Crippen LogP contribution in [0.5, 0.6) is 0 Å². The molecule has 146 valence electrons. The van der Waals surface area contributed by atoms with E-state index in [0.29, 0.717) is 5.92 Å². The van der Waals surface area contributed by atoms with E-state index in [1.807, 2.05) is 0 Å². The molecule has 2 saturated heterocycles. The summed E-state index contributed by atoms with van der Waals surface area (Å²) in [6, 6.07) is 0. The predicted octanol–water partition coefficient (Wildman–Crippen LogP) is 1.99. The second kappa shape index (κ2) is 7.96. The Bertz CT molecular complexity index is 461. The van der Waals surface area contributed by atoms with Gasteiger partial charge in [0.15, 0.2) is 0 Å². The first-order chi connectivity index (χ1) is 11.5. The lowest BCUT2D eigenvalue weighted by Gasteiger charge is -2.24. The molecule has 2 rings (SSSR count). The van der Waals surface area contributed by atoms with E-state index in [2.05, 4.69) is 35.1 Å². The second-order valence-corrected chi connectivity index (χ2v) is 10.4. The molecule has 0 radical (unpaired) electrons. The Morgan fingerprint density at radius 2 is 1.28 bits per heavy atom. The zero-order chi connectivity index (χ0) is 18.8. The average Bonchev–Trinajstić information content (AvgIpc) is 2.97. The van der Waals surface area contributed by atoms with Crippen molar-refractivity contribution in [3.8, 4) is 0 Å². The van der Waals surface area contributed by atoms with Gasteiger partial charge in [-0.05, 0) is 38.0 Å². The van der Waals surface area contributed by atoms with Crippen LogP contribution in [0, 0.1) is 29.6 Å². The summed E-state index contributed by atoms with van der Waals surface area (Å²) in [7, 11) is 9.42. The third kappa shape index (κ3) is 5.68. The summed E-state index contributed by atoms with van der Waals surface area (Å²) in [4.78, 5) is 11.0. The summed E-state index contributed by atoms with van der Waals surface area (Å²) < 4.78 is 2.28. The van der Waals surface area contributed by atoms with E-state index < -0.39 is 5.97 Å². The largest absolute Gasteiger partial charge is 0.550 e. The molecular weight excluding hydrogens is 312 g/mol. The summed E-state index contributed by atoms with van der Waals surface area (Å²) in [5.41, 5.74) is 0. The summed E-state index contributed by atoms with van der Waals surface area (Å²) in [6.45, 7) is 9.27. The minimum atomic E-state index is -0.889. The van der Waals surface area contributed by atoms with Crippen LogP contribution in [0.2, 0.25) is 0 Å². The fourth-order valence-electron chi connectivity index (χ4n) is 5.74. The maximum atomic E-state index is 11.0. The first kappa shape index (κ1) is 20.7. The number of hydrogen-bond acceptors (Lipinski definition) is 2. The van der Waals surface area contributed by atoms with Crippen LogP contribution < -0.4 is 5.11 Å². The average molecular weight is 354 g/mol. The molecule has 2 aliphatic heterocycles. The first-order valence-corrected chi connectivity index (χ1v) is 10.4. The molecule has 5 atom stereocenters. The Hall–Kier alpha value is -0.610. The van der Waals surface area contributed by atoms with Crippen molar-refractivity contribution in [2.75, 3.05) is 54.4 Å². The second-order valence-electron chi connectivity index (χ2n) is 10.4. The number of hydrogen-bond donors (Lipinski definition) is 0. The maximum absolute atomic E-state index is 11.0. The smallest absolute Gasteiger partial charge is 0.0816 e. The van der Waals surface area contributed by atoms with Crippen LogP contribution in [0.1, 0.15) is 46.0 Å². The van der Waals surface area contributed by atoms with Gasteiger partial charge in [0.2, 0.25) is 0 Å². The number of likely N-dealkylation sites (tertiary alicyclic amines) is 2. The van der Waals surface area contributed by atoms with E-state index in [0.717, 1.165) is 35.1 Å². The molecule has 2 fully saturated rings. The Balaban J connectivity index is 1.90. The predicted molar refractivity (Wildman–Crippen MR) is 101 cm³/mol. The quantitative estimate of drug-likeness (QED) is 0.626. The molecule has 0 spiro atoms. The number of carboxylic acids is 1. The van der Waals surface area contributed by atoms with Crippen LogP contribution in [0.15, 0.2) is 0 Å². The van der Waals surface area contributed by atoms with Crippen LogP contribution in [-0.4, -0.2) is 69.3 Å². The molecule has 25 heavy (non-hydrogen) atoms. The first-order valence-electron chi connectivity index (χ1n) is 10.4. The van der Waals surface area contributed by atoms with E-state index in [1.165, 1.54) is 49.9 Å². The Morgan fingerprint density at radius 1 is 0.880 bits per heavy atom. The highest BCUT2D eigenvalue weighted by molar-refractivity contribution is 5.66. The molecule has 5 unspecified atom stereocenters. The molecule has 4 heteroatoms. The SMILES string of the molecule is CCC1C[N+](C)(C)CC1CCC1C[N+](C)(C)CC1CCC(C)C(=O)[O-]. The molecule has 4 nitrogen and oxygen atoms in total. The molecule has 0 bridgehead atoms. The Kier molecular flexibility index (Phi) is 6.59. The van der Waals surface area contributed by atoms with Gasteiger partial charge in [-0.2, -0.15) is 0 Å². The summed E-state index contributed by atoms with van der Waals surface area (Å²) in [5, 5.41) is 11.0. The van der Waals surface area contributed by atoms with Crippen molar-refractivity contribution in [3.05, 3.63) is 0 Å². The number of carbonyl (C=O) groups is 1. The van der Waals surface area contributed by atoms with Gasteiger partial charge in [0.1, 0.15) is 0 Å². The van der Waals surface area contributed by atoms with Gasteiger partial charge < -0.3 is 18.9 Å². The van der Waals surface area contributed by atoms with Gasteiger partial charge in [0.05, 0.1) is 54.4 Å². The van der Waals surface area contributed by atoms with Crippen LogP contribution >= 0.6 is 0 Å². The van der Waals surface area contributed by atoms with Crippen LogP contribution in [0.3, 0.4) is 0 Å². The fraction of sp³-hybridized carbons (Fsp3) is 0.952. The molecule has 0 N–H and O–H groups in total. The van der Waals surface area contributed by atoms with Crippen molar-refractivity contribution in [1.82, 2.24) is 0 Å². The standard InChI is InChI=1S/C21H41N2O2/c1-7-17-12-22(3,4)13-18(17)10-11-20-15-23(5,6)14-19(20)9-8-16(2)21(24)25/h16-20H,7-15H2,1-6H3/q+1. The number of carbonyl (C=O) groups excluding carboxylic acids is 1. The summed E-state index contributed by atoms with van der Waals surface area (Å²) in [6.07, 6.45) is 5.81. The van der Waals surface area contributed by atoms with E-state index in [-0.39, 0.29) is 5.92 Å². The minimum absolute atomic E-state index is 0.311. The monoisotopic (exact) mass is 353 g/mol. The molecule has 2 aliphatic rings. The van der Waals surface area contributed by atoms with Crippen molar-refractivity contribution >= 4 is 5.97 Å². The lowest BCUT2D eigenvalue weighted by molar-refractivity contribution is -0.881. The summed E-state index contributed by atoms with van der Waals surface area (Å²) >= 11 is 0. The van der Waals surface area contributed by atoms with Crippen molar-refractivity contribution in [2.45, 2.75) is 46.0 Å². The van der Waals surface area contributed by atoms with Gasteiger partial charge in [-0.1, -0.05) is 13.8 Å². The summed E-state index contributed by atoms with van der Waals surface area (Å²) in [5.74, 6) is 2.00. The number of quaternary nitrogens is 2. The third-order valence-electron chi connectivity index (χ3n) is 7.05. The zero-order valence-corrected chi connectivity index (χ0v) is 17.5. The van der Waals surface area contributed by atoms with Crippen molar-refractivity contribution in [2.24, 2.45) is 29.6 Å². The lowest BCUT2D eigenvalue weighted by atomic mass is 9.82. The Morgan fingerprint density at radius 3 is 1.72 bits per heavy atom. The lowest BCUT2D eigenvalue weighted by Crippen LogP contribution is -2.37. The van der Waals surface area contributed by atoms with Crippen LogP contribution in [0.4, 0.5) is 0 Å². The molecule has 0 amide bonds. The normalized spacial score (nSPS) is 35.0. The number of aliphatic carboxylic acids is 1. The van der Waals surface area contributed by atoms with Crippen LogP contribution in [0.25, 0.3) is 0 Å². The van der Waals surface area contributed by atoms with E-state index in [9.17, 15) is 9.90 Å². The molecule has 0 aromatic rings. The number of rotatable bonds is 8. The highest BCUT2D eigenvalue weighted by Gasteiger charge is 2.42.